The molecule has 0 radical (unpaired) electrons. The first-order chi connectivity index (χ1) is 27.3. The zero-order valence-corrected chi connectivity index (χ0v) is 35.6. The van der Waals surface area contributed by atoms with Crippen LogP contribution < -0.4 is 0 Å². The van der Waals surface area contributed by atoms with Crippen molar-refractivity contribution in [2.75, 3.05) is 13.2 Å². The minimum Gasteiger partial charge on any atom is -0.462 e. The molecule has 316 valence electrons. The molecule has 0 fully saturated rings. The Bertz CT molecular complexity index is 1260. The Labute approximate surface area is 340 Å². The lowest BCUT2D eigenvalue weighted by Gasteiger charge is -2.18. The molecule has 0 aliphatic heterocycles. The van der Waals surface area contributed by atoms with E-state index in [2.05, 4.69) is 116 Å². The third-order valence-electron chi connectivity index (χ3n) is 8.28. The fourth-order valence-corrected chi connectivity index (χ4v) is 5.46. The first kappa shape index (κ1) is 52.7. The van der Waals surface area contributed by atoms with Gasteiger partial charge in [0.2, 0.25) is 0 Å². The van der Waals surface area contributed by atoms with Crippen molar-refractivity contribution >= 4 is 19.8 Å². The number of carbonyl (C=O) groups is 2. The predicted octanol–water partition coefficient (Wildman–Crippen LogP) is 13.2. The van der Waals surface area contributed by atoms with Gasteiger partial charge in [-0.25, -0.2) is 4.57 Å². The second kappa shape index (κ2) is 41.3. The average Bonchev–Trinajstić information content (AvgIpc) is 3.17. The summed E-state index contributed by atoms with van der Waals surface area (Å²) < 4.78 is 26.3. The highest BCUT2D eigenvalue weighted by molar-refractivity contribution is 7.46. The number of phosphoric acid groups is 1. The molecule has 0 aliphatic carbocycles. The number of hydrogen-bond acceptors (Lipinski definition) is 6. The summed E-state index contributed by atoms with van der Waals surface area (Å²) in [4.78, 5) is 42.8. The van der Waals surface area contributed by atoms with Gasteiger partial charge in [-0.05, 0) is 96.3 Å². The van der Waals surface area contributed by atoms with Gasteiger partial charge < -0.3 is 19.3 Å². The lowest BCUT2D eigenvalue weighted by Crippen LogP contribution is -2.29. The van der Waals surface area contributed by atoms with Crippen LogP contribution in [0.2, 0.25) is 0 Å². The molecule has 0 unspecified atom stereocenters. The molecule has 0 saturated carbocycles. The number of ether oxygens (including phenoxy) is 2. The molecule has 0 aromatic carbocycles. The molecule has 2 N–H and O–H groups in total. The van der Waals surface area contributed by atoms with Gasteiger partial charge in [0.15, 0.2) is 6.10 Å². The summed E-state index contributed by atoms with van der Waals surface area (Å²) in [6.45, 7) is 3.52. The number of hydrogen-bond donors (Lipinski definition) is 2. The Morgan fingerprint density at radius 1 is 0.464 bits per heavy atom. The van der Waals surface area contributed by atoms with E-state index in [1.165, 1.54) is 51.4 Å². The van der Waals surface area contributed by atoms with Crippen LogP contribution in [0, 0.1) is 0 Å². The number of allylic oxidation sites excluding steroid dienone is 18. The van der Waals surface area contributed by atoms with E-state index in [1.54, 1.807) is 0 Å². The third kappa shape index (κ3) is 43.4. The van der Waals surface area contributed by atoms with Gasteiger partial charge in [-0.15, -0.1) is 0 Å². The highest BCUT2D eigenvalue weighted by Gasteiger charge is 2.22. The number of carbonyl (C=O) groups excluding carboxylic acids is 2. The number of unbranched alkanes of at least 4 members (excludes halogenated alkanes) is 9. The second-order valence-corrected chi connectivity index (χ2v) is 14.8. The third-order valence-corrected chi connectivity index (χ3v) is 8.76. The summed E-state index contributed by atoms with van der Waals surface area (Å²) >= 11 is 0. The maximum atomic E-state index is 12.4. The van der Waals surface area contributed by atoms with Crippen molar-refractivity contribution in [3.8, 4) is 0 Å². The van der Waals surface area contributed by atoms with Crippen LogP contribution in [0.3, 0.4) is 0 Å². The quantitative estimate of drug-likeness (QED) is 0.0276. The van der Waals surface area contributed by atoms with Crippen molar-refractivity contribution in [2.24, 2.45) is 0 Å². The van der Waals surface area contributed by atoms with Gasteiger partial charge in [0.05, 0.1) is 6.61 Å². The summed E-state index contributed by atoms with van der Waals surface area (Å²) in [5, 5.41) is 0. The lowest BCUT2D eigenvalue weighted by atomic mass is 10.1. The molecule has 0 amide bonds. The van der Waals surface area contributed by atoms with E-state index in [0.29, 0.717) is 12.8 Å². The van der Waals surface area contributed by atoms with Crippen LogP contribution in [0.1, 0.15) is 155 Å². The average molecular weight is 799 g/mol. The highest BCUT2D eigenvalue weighted by atomic mass is 31.2. The van der Waals surface area contributed by atoms with Crippen molar-refractivity contribution in [1.29, 1.82) is 0 Å². The molecule has 0 aromatic heterocycles. The topological polar surface area (TPSA) is 119 Å². The first-order valence-electron chi connectivity index (χ1n) is 21.2. The van der Waals surface area contributed by atoms with Crippen molar-refractivity contribution < 1.29 is 37.9 Å². The minimum atomic E-state index is -4.79. The molecule has 0 bridgehead atoms. The number of rotatable bonds is 37. The zero-order valence-electron chi connectivity index (χ0n) is 34.7. The highest BCUT2D eigenvalue weighted by Crippen LogP contribution is 2.36. The Morgan fingerprint density at radius 3 is 1.23 bits per heavy atom. The smallest absolute Gasteiger partial charge is 0.462 e. The van der Waals surface area contributed by atoms with Crippen LogP contribution in [0.5, 0.6) is 0 Å². The maximum absolute atomic E-state index is 12.4. The maximum Gasteiger partial charge on any atom is 0.469 e. The van der Waals surface area contributed by atoms with Gasteiger partial charge >= 0.3 is 19.8 Å². The molecule has 0 heterocycles. The van der Waals surface area contributed by atoms with Crippen LogP contribution in [0.25, 0.3) is 0 Å². The van der Waals surface area contributed by atoms with Crippen LogP contribution in [0.4, 0.5) is 0 Å². The van der Waals surface area contributed by atoms with Crippen LogP contribution >= 0.6 is 7.82 Å². The van der Waals surface area contributed by atoms with Gasteiger partial charge in [-0.3, -0.25) is 14.1 Å². The Morgan fingerprint density at radius 2 is 0.839 bits per heavy atom. The Balaban J connectivity index is 4.14. The van der Waals surface area contributed by atoms with Crippen molar-refractivity contribution in [1.82, 2.24) is 0 Å². The molecule has 0 saturated heterocycles. The van der Waals surface area contributed by atoms with E-state index in [1.807, 2.05) is 12.2 Å². The van der Waals surface area contributed by atoms with Gasteiger partial charge in [-0.2, -0.15) is 0 Å². The number of esters is 2. The molecule has 0 rings (SSSR count). The van der Waals surface area contributed by atoms with Crippen molar-refractivity contribution in [2.45, 2.75) is 161 Å². The second-order valence-electron chi connectivity index (χ2n) is 13.6. The van der Waals surface area contributed by atoms with Crippen molar-refractivity contribution in [3.63, 3.8) is 0 Å². The van der Waals surface area contributed by atoms with Crippen LogP contribution in [0.15, 0.2) is 109 Å². The molecular weight excluding hydrogens is 723 g/mol. The molecule has 1 atom stereocenters. The van der Waals surface area contributed by atoms with E-state index in [9.17, 15) is 14.2 Å². The lowest BCUT2D eigenvalue weighted by molar-refractivity contribution is -0.161. The number of phosphoric ester groups is 1. The molecule has 0 aromatic rings. The molecular formula is C47H75O8P. The summed E-state index contributed by atoms with van der Waals surface area (Å²) in [5.74, 6) is -1.03. The fraction of sp³-hybridized carbons (Fsp3) is 0.574. The van der Waals surface area contributed by atoms with Gasteiger partial charge in [0.1, 0.15) is 6.61 Å². The summed E-state index contributed by atoms with van der Waals surface area (Å²) in [5.41, 5.74) is 0. The predicted molar refractivity (Wildman–Crippen MR) is 234 cm³/mol. The largest absolute Gasteiger partial charge is 0.469 e. The minimum absolute atomic E-state index is 0.130. The molecule has 8 nitrogen and oxygen atoms in total. The van der Waals surface area contributed by atoms with Gasteiger partial charge in [-0.1, -0.05) is 155 Å². The molecule has 56 heavy (non-hydrogen) atoms. The normalized spacial score (nSPS) is 13.6. The van der Waals surface area contributed by atoms with E-state index >= 15 is 0 Å². The first-order valence-corrected chi connectivity index (χ1v) is 22.7. The summed E-state index contributed by atoms with van der Waals surface area (Å²) in [6, 6.07) is 0. The van der Waals surface area contributed by atoms with Gasteiger partial charge in [0.25, 0.3) is 0 Å². The Kier molecular flexibility index (Phi) is 38.9. The van der Waals surface area contributed by atoms with E-state index in [0.717, 1.165) is 64.2 Å². The molecule has 0 spiro atoms. The molecule has 0 aliphatic rings. The zero-order chi connectivity index (χ0) is 41.1. The molecule has 9 heteroatoms. The summed E-state index contributed by atoms with van der Waals surface area (Å²) in [6.07, 6.45) is 58.2. The van der Waals surface area contributed by atoms with E-state index in [-0.39, 0.29) is 19.4 Å². The fourth-order valence-electron chi connectivity index (χ4n) is 5.10. The van der Waals surface area contributed by atoms with Crippen LogP contribution in [-0.4, -0.2) is 41.0 Å². The van der Waals surface area contributed by atoms with Crippen LogP contribution in [-0.2, 0) is 28.2 Å². The standard InChI is InChI=1S/C47H75O8P/c1-3-5-7-9-11-13-15-17-19-21-23-25-27-29-31-33-35-37-39-41-46(48)53-43-45(44-54-56(50,51)52)55-47(49)42-40-38-36-34-32-30-28-26-24-22-20-18-16-14-12-10-8-6-4-2/h11-14,17-20,23-26,29-32,35,37,45H,3-10,15-16,21-22,27-28,33-34,36,38-44H2,1-2H3,(H2,50,51,52)/b13-11+,14-12+,19-17+,20-18+,25-23+,26-24+,31-29+,32-30+,37-35+/t45-/m1/s1. The SMILES string of the molecule is CCCCC/C=C/C/C=C/C/C=C/C/C=C/C/C=C/CCC(=O)OC[C@H](COP(=O)(O)O)OC(=O)CCCCC/C=C/C/C=C/C/C=C/C/C=C/CCCCC. The van der Waals surface area contributed by atoms with E-state index < -0.39 is 32.5 Å². The van der Waals surface area contributed by atoms with E-state index in [4.69, 9.17) is 19.3 Å². The van der Waals surface area contributed by atoms with Crippen molar-refractivity contribution in [3.05, 3.63) is 109 Å². The monoisotopic (exact) mass is 799 g/mol. The summed E-state index contributed by atoms with van der Waals surface area (Å²) in [7, 11) is -4.79. The Hall–Kier alpha value is -3.29. The van der Waals surface area contributed by atoms with Gasteiger partial charge in [0, 0.05) is 12.8 Å².